The fourth-order valence-corrected chi connectivity index (χ4v) is 2.39. The van der Waals surface area contributed by atoms with Crippen LogP contribution in [0.5, 0.6) is 0 Å². The first kappa shape index (κ1) is 15.6. The molecule has 1 aromatic heterocycles. The standard InChI is InChI=1S/C18H10ClFN4/c19-13-5-2-6-14(20)17(13)18-23-15(16(10-21)24-18)8-7-11-3-1-4-12(22)9-11/h1-6,9H,22H2,(H,23,24). The Hall–Kier alpha value is -3.28. The lowest BCUT2D eigenvalue weighted by atomic mass is 10.2. The monoisotopic (exact) mass is 336 g/mol. The maximum Gasteiger partial charge on any atom is 0.175 e. The Balaban J connectivity index is 2.06. The number of nitrogens with zero attached hydrogens (tertiary/aromatic N) is 2. The van der Waals surface area contributed by atoms with Crippen molar-refractivity contribution in [2.45, 2.75) is 0 Å². The Morgan fingerprint density at radius 3 is 2.67 bits per heavy atom. The van der Waals surface area contributed by atoms with Gasteiger partial charge in [-0.3, -0.25) is 0 Å². The van der Waals surface area contributed by atoms with E-state index < -0.39 is 5.82 Å². The van der Waals surface area contributed by atoms with Crippen LogP contribution in [0.25, 0.3) is 11.4 Å². The lowest BCUT2D eigenvalue weighted by Gasteiger charge is -2.01. The van der Waals surface area contributed by atoms with Crippen molar-refractivity contribution in [3.8, 4) is 29.3 Å². The molecule has 116 valence electrons. The number of aromatic nitrogens is 2. The summed E-state index contributed by atoms with van der Waals surface area (Å²) in [5.74, 6) is 5.34. The van der Waals surface area contributed by atoms with E-state index in [9.17, 15) is 9.65 Å². The first-order chi connectivity index (χ1) is 11.6. The number of hydrogen-bond donors (Lipinski definition) is 2. The summed E-state index contributed by atoms with van der Waals surface area (Å²) in [5, 5.41) is 9.41. The molecule has 0 amide bonds. The van der Waals surface area contributed by atoms with E-state index >= 15 is 0 Å². The topological polar surface area (TPSA) is 78.5 Å². The second kappa shape index (κ2) is 6.45. The molecule has 0 radical (unpaired) electrons. The quantitative estimate of drug-likeness (QED) is 0.525. The molecule has 0 saturated heterocycles. The predicted octanol–water partition coefficient (Wildman–Crippen LogP) is 3.72. The summed E-state index contributed by atoms with van der Waals surface area (Å²) in [6.07, 6.45) is 0. The zero-order valence-electron chi connectivity index (χ0n) is 12.3. The van der Waals surface area contributed by atoms with E-state index in [2.05, 4.69) is 21.8 Å². The third-order valence-electron chi connectivity index (χ3n) is 3.23. The van der Waals surface area contributed by atoms with Crippen molar-refractivity contribution in [2.75, 3.05) is 5.73 Å². The van der Waals surface area contributed by atoms with Crippen LogP contribution < -0.4 is 5.73 Å². The summed E-state index contributed by atoms with van der Waals surface area (Å²) >= 11 is 6.03. The van der Waals surface area contributed by atoms with Crippen LogP contribution in [-0.2, 0) is 0 Å². The van der Waals surface area contributed by atoms with Gasteiger partial charge >= 0.3 is 0 Å². The number of benzene rings is 2. The minimum atomic E-state index is -0.531. The van der Waals surface area contributed by atoms with E-state index in [-0.39, 0.29) is 27.8 Å². The SMILES string of the molecule is N#Cc1nc(-c2c(F)cccc2Cl)[nH]c1C#Cc1cccc(N)c1. The summed E-state index contributed by atoms with van der Waals surface area (Å²) < 4.78 is 14.0. The highest BCUT2D eigenvalue weighted by molar-refractivity contribution is 6.33. The van der Waals surface area contributed by atoms with Gasteiger partial charge in [0.15, 0.2) is 5.69 Å². The number of aromatic amines is 1. The van der Waals surface area contributed by atoms with Gasteiger partial charge in [0.2, 0.25) is 0 Å². The Morgan fingerprint density at radius 1 is 1.17 bits per heavy atom. The second-order valence-electron chi connectivity index (χ2n) is 4.89. The number of H-pyrrole nitrogens is 1. The van der Waals surface area contributed by atoms with E-state index in [1.54, 1.807) is 30.3 Å². The molecule has 3 aromatic rings. The Labute approximate surface area is 142 Å². The van der Waals surface area contributed by atoms with Gasteiger partial charge in [0.05, 0.1) is 10.6 Å². The number of anilines is 1. The van der Waals surface area contributed by atoms with Crippen molar-refractivity contribution in [3.63, 3.8) is 0 Å². The summed E-state index contributed by atoms with van der Waals surface area (Å²) in [6, 6.07) is 13.3. The van der Waals surface area contributed by atoms with E-state index in [1.165, 1.54) is 12.1 Å². The number of nitrogen functional groups attached to an aromatic ring is 1. The molecule has 0 unspecified atom stereocenters. The zero-order valence-corrected chi connectivity index (χ0v) is 13.0. The molecule has 1 heterocycles. The van der Waals surface area contributed by atoms with Gasteiger partial charge in [-0.2, -0.15) is 5.26 Å². The Bertz CT molecular complexity index is 1000. The molecule has 3 N–H and O–H groups in total. The number of rotatable bonds is 1. The zero-order chi connectivity index (χ0) is 17.1. The fourth-order valence-electron chi connectivity index (χ4n) is 2.14. The maximum atomic E-state index is 14.0. The Kier molecular flexibility index (Phi) is 4.20. The molecule has 2 aromatic carbocycles. The molecule has 3 rings (SSSR count). The number of nitrogens with two attached hydrogens (primary N) is 1. The molecule has 0 saturated carbocycles. The molecule has 0 aliphatic carbocycles. The van der Waals surface area contributed by atoms with Crippen LogP contribution in [0.15, 0.2) is 42.5 Å². The predicted molar refractivity (Wildman–Crippen MR) is 90.5 cm³/mol. The molecule has 0 aliphatic rings. The largest absolute Gasteiger partial charge is 0.399 e. The molecule has 4 nitrogen and oxygen atoms in total. The van der Waals surface area contributed by atoms with Crippen molar-refractivity contribution in [1.29, 1.82) is 5.26 Å². The number of nitrogens with one attached hydrogen (secondary N) is 1. The van der Waals surface area contributed by atoms with Crippen molar-refractivity contribution in [3.05, 3.63) is 70.3 Å². The normalized spacial score (nSPS) is 9.88. The van der Waals surface area contributed by atoms with Gasteiger partial charge in [-0.15, -0.1) is 0 Å². The highest BCUT2D eigenvalue weighted by atomic mass is 35.5. The average molecular weight is 337 g/mol. The summed E-state index contributed by atoms with van der Waals surface area (Å²) in [5.41, 5.74) is 7.44. The molecule has 0 atom stereocenters. The Morgan fingerprint density at radius 2 is 1.96 bits per heavy atom. The van der Waals surface area contributed by atoms with Gasteiger partial charge in [-0.1, -0.05) is 29.7 Å². The van der Waals surface area contributed by atoms with Crippen LogP contribution in [0.1, 0.15) is 17.0 Å². The number of halogens is 2. The average Bonchev–Trinajstić information content (AvgIpc) is 2.96. The maximum absolute atomic E-state index is 14.0. The minimum Gasteiger partial charge on any atom is -0.399 e. The molecule has 0 bridgehead atoms. The van der Waals surface area contributed by atoms with E-state index in [0.29, 0.717) is 11.3 Å². The van der Waals surface area contributed by atoms with Crippen molar-refractivity contribution in [1.82, 2.24) is 9.97 Å². The molecule has 6 heteroatoms. The van der Waals surface area contributed by atoms with Crippen LogP contribution in [0.3, 0.4) is 0 Å². The fraction of sp³-hybridized carbons (Fsp3) is 0. The van der Waals surface area contributed by atoms with Crippen LogP contribution in [0.4, 0.5) is 10.1 Å². The first-order valence-corrected chi connectivity index (χ1v) is 7.28. The smallest absolute Gasteiger partial charge is 0.175 e. The van der Waals surface area contributed by atoms with Gasteiger partial charge < -0.3 is 10.7 Å². The minimum absolute atomic E-state index is 0.0701. The highest BCUT2D eigenvalue weighted by Gasteiger charge is 2.16. The number of imidazole rings is 1. The third kappa shape index (κ3) is 3.08. The molecule has 0 aliphatic heterocycles. The van der Waals surface area contributed by atoms with E-state index in [4.69, 9.17) is 17.3 Å². The van der Waals surface area contributed by atoms with Crippen molar-refractivity contribution < 1.29 is 4.39 Å². The lowest BCUT2D eigenvalue weighted by molar-refractivity contribution is 0.630. The first-order valence-electron chi connectivity index (χ1n) is 6.90. The molecule has 24 heavy (non-hydrogen) atoms. The molecule has 0 fully saturated rings. The molecule has 0 spiro atoms. The van der Waals surface area contributed by atoms with Crippen LogP contribution in [0.2, 0.25) is 5.02 Å². The lowest BCUT2D eigenvalue weighted by Crippen LogP contribution is -1.88. The number of nitriles is 1. The molecular formula is C18H10ClFN4. The van der Waals surface area contributed by atoms with Crippen LogP contribution in [-0.4, -0.2) is 9.97 Å². The third-order valence-corrected chi connectivity index (χ3v) is 3.54. The van der Waals surface area contributed by atoms with Gasteiger partial charge in [-0.05, 0) is 36.3 Å². The van der Waals surface area contributed by atoms with Gasteiger partial charge in [0, 0.05) is 11.3 Å². The van der Waals surface area contributed by atoms with E-state index in [0.717, 1.165) is 0 Å². The highest BCUT2D eigenvalue weighted by Crippen LogP contribution is 2.29. The summed E-state index contributed by atoms with van der Waals surface area (Å²) in [7, 11) is 0. The van der Waals surface area contributed by atoms with Crippen LogP contribution in [0, 0.1) is 29.0 Å². The number of hydrogen-bond acceptors (Lipinski definition) is 3. The van der Waals surface area contributed by atoms with Crippen molar-refractivity contribution in [2.24, 2.45) is 0 Å². The van der Waals surface area contributed by atoms with Crippen LogP contribution >= 0.6 is 11.6 Å². The van der Waals surface area contributed by atoms with Gasteiger partial charge in [0.1, 0.15) is 23.4 Å². The van der Waals surface area contributed by atoms with Gasteiger partial charge in [0.25, 0.3) is 0 Å². The summed E-state index contributed by atoms with van der Waals surface area (Å²) in [4.78, 5) is 6.93. The van der Waals surface area contributed by atoms with Gasteiger partial charge in [-0.25, -0.2) is 9.37 Å². The second-order valence-corrected chi connectivity index (χ2v) is 5.30. The summed E-state index contributed by atoms with van der Waals surface area (Å²) in [6.45, 7) is 0. The van der Waals surface area contributed by atoms with Crippen molar-refractivity contribution >= 4 is 17.3 Å². The molecular weight excluding hydrogens is 327 g/mol. The van der Waals surface area contributed by atoms with E-state index in [1.807, 2.05) is 6.07 Å².